The van der Waals surface area contributed by atoms with E-state index in [1.54, 1.807) is 30.3 Å². The van der Waals surface area contributed by atoms with Crippen LogP contribution in [0, 0.1) is 4.77 Å². The topological polar surface area (TPSA) is 72.2 Å². The highest BCUT2D eigenvalue weighted by atomic mass is 32.1. The minimum atomic E-state index is -0.399. The molecule has 4 rings (SSSR count). The van der Waals surface area contributed by atoms with Crippen LogP contribution in [0.2, 0.25) is 0 Å². The smallest absolute Gasteiger partial charge is 0.279 e. The summed E-state index contributed by atoms with van der Waals surface area (Å²) in [5.41, 5.74) is 2.30. The molecule has 0 saturated heterocycles. The quantitative estimate of drug-likeness (QED) is 0.388. The summed E-state index contributed by atoms with van der Waals surface area (Å²) >= 11 is 5.27. The molecule has 1 N–H and O–H groups in total. The summed E-state index contributed by atoms with van der Waals surface area (Å²) in [6, 6.07) is 20.3. The number of hydrogen-bond donors (Lipinski definition) is 1. The van der Waals surface area contributed by atoms with Gasteiger partial charge in [-0.15, -0.1) is 6.58 Å². The normalized spacial score (nSPS) is 11.5. The van der Waals surface area contributed by atoms with Gasteiger partial charge in [0.05, 0.1) is 10.9 Å². The van der Waals surface area contributed by atoms with Gasteiger partial charge in [0.2, 0.25) is 0 Å². The maximum atomic E-state index is 12.9. The van der Waals surface area contributed by atoms with Gasteiger partial charge in [-0.3, -0.25) is 14.2 Å². The Balaban J connectivity index is 1.73. The third-order valence-corrected chi connectivity index (χ3v) is 5.19. The van der Waals surface area contributed by atoms with Gasteiger partial charge in [0.1, 0.15) is 5.49 Å². The maximum absolute atomic E-state index is 12.9. The molecule has 0 atom stereocenters. The number of fused-ring (bicyclic) bond motifs is 1. The lowest BCUT2D eigenvalue weighted by molar-refractivity contribution is 0.0997. The van der Waals surface area contributed by atoms with Crippen LogP contribution in [-0.2, 0) is 13.1 Å². The highest BCUT2D eigenvalue weighted by molar-refractivity contribution is 7.71. The third kappa shape index (κ3) is 4.36. The fourth-order valence-corrected chi connectivity index (χ4v) is 3.60. The molecule has 0 bridgehead atoms. The van der Waals surface area contributed by atoms with E-state index < -0.39 is 5.91 Å². The van der Waals surface area contributed by atoms with Gasteiger partial charge in [0, 0.05) is 24.8 Å². The Labute approximate surface area is 183 Å². The number of carbonyl (C=O) groups excluding carboxylic acids is 1. The number of carbonyl (C=O) groups is 1. The molecule has 6 nitrogen and oxygen atoms in total. The van der Waals surface area contributed by atoms with Crippen LogP contribution in [0.25, 0.3) is 10.9 Å². The Morgan fingerprint density at radius 2 is 1.87 bits per heavy atom. The molecule has 4 aromatic rings. The molecule has 0 aliphatic heterocycles. The van der Waals surface area contributed by atoms with Crippen LogP contribution in [0.15, 0.2) is 95.4 Å². The molecule has 0 radical (unpaired) electrons. The van der Waals surface area contributed by atoms with Crippen molar-refractivity contribution in [1.82, 2.24) is 14.1 Å². The second-order valence-corrected chi connectivity index (χ2v) is 7.37. The van der Waals surface area contributed by atoms with E-state index in [-0.39, 0.29) is 10.3 Å². The van der Waals surface area contributed by atoms with Crippen LogP contribution >= 0.6 is 12.2 Å². The number of benzene rings is 2. The minimum absolute atomic E-state index is 0.224. The van der Waals surface area contributed by atoms with Gasteiger partial charge in [-0.2, -0.15) is 4.99 Å². The fourth-order valence-electron chi connectivity index (χ4n) is 3.33. The van der Waals surface area contributed by atoms with Gasteiger partial charge in [-0.05, 0) is 48.1 Å². The molecule has 0 unspecified atom stereocenters. The van der Waals surface area contributed by atoms with Crippen molar-refractivity contribution in [3.8, 4) is 0 Å². The molecule has 0 fully saturated rings. The number of allylic oxidation sites excluding steroid dienone is 1. The standard InChI is InChI=1S/C24H20N4O2S/c1-2-13-28-23(30)19-12-11-18(15-20(19)25-24(28)31)22(29)26-21-10-6-7-14-27(21)16-17-8-4-3-5-9-17/h2-12,14-15H,1,13,16H2,(H,25,31). The summed E-state index contributed by atoms with van der Waals surface area (Å²) in [6.07, 6.45) is 3.50. The van der Waals surface area contributed by atoms with Crippen molar-refractivity contribution in [1.29, 1.82) is 0 Å². The van der Waals surface area contributed by atoms with E-state index in [9.17, 15) is 9.59 Å². The number of aromatic nitrogens is 3. The lowest BCUT2D eigenvalue weighted by atomic mass is 10.1. The summed E-state index contributed by atoms with van der Waals surface area (Å²) in [5, 5.41) is 0.450. The van der Waals surface area contributed by atoms with Crippen molar-refractivity contribution in [3.05, 3.63) is 117 Å². The molecular weight excluding hydrogens is 408 g/mol. The van der Waals surface area contributed by atoms with E-state index in [4.69, 9.17) is 12.2 Å². The van der Waals surface area contributed by atoms with Crippen molar-refractivity contribution in [2.75, 3.05) is 0 Å². The molecular formula is C24H20N4O2S. The number of pyridine rings is 1. The fraction of sp³-hybridized carbons (Fsp3) is 0.0833. The number of hydrogen-bond acceptors (Lipinski definition) is 3. The van der Waals surface area contributed by atoms with E-state index >= 15 is 0 Å². The van der Waals surface area contributed by atoms with Crippen LogP contribution < -0.4 is 11.0 Å². The van der Waals surface area contributed by atoms with Crippen LogP contribution in [0.3, 0.4) is 0 Å². The Bertz CT molecular complexity index is 1460. The molecule has 0 spiro atoms. The van der Waals surface area contributed by atoms with Gasteiger partial charge < -0.3 is 9.55 Å². The SMILES string of the molecule is C=CCn1c(=S)[nH]c2cc(C(=O)N=c3ccccn3Cc3ccccc3)ccc2c1=O. The number of rotatable bonds is 5. The van der Waals surface area contributed by atoms with Gasteiger partial charge in [0.15, 0.2) is 4.77 Å². The van der Waals surface area contributed by atoms with E-state index in [1.807, 2.05) is 53.2 Å². The van der Waals surface area contributed by atoms with E-state index in [1.165, 1.54) is 4.57 Å². The zero-order valence-electron chi connectivity index (χ0n) is 16.7. The van der Waals surface area contributed by atoms with Gasteiger partial charge in [-0.25, -0.2) is 0 Å². The third-order valence-electron chi connectivity index (χ3n) is 4.87. The Hall–Kier alpha value is -3.84. The zero-order chi connectivity index (χ0) is 21.8. The summed E-state index contributed by atoms with van der Waals surface area (Å²) in [6.45, 7) is 4.56. The number of H-pyrrole nitrogens is 1. The molecule has 0 aliphatic rings. The van der Waals surface area contributed by atoms with Gasteiger partial charge >= 0.3 is 0 Å². The first kappa shape index (κ1) is 20.4. The summed E-state index contributed by atoms with van der Waals surface area (Å²) in [7, 11) is 0. The zero-order valence-corrected chi connectivity index (χ0v) is 17.5. The second-order valence-electron chi connectivity index (χ2n) is 6.98. The van der Waals surface area contributed by atoms with Crippen LogP contribution in [-0.4, -0.2) is 20.0 Å². The highest BCUT2D eigenvalue weighted by Crippen LogP contribution is 2.12. The molecule has 2 aromatic carbocycles. The maximum Gasteiger partial charge on any atom is 0.279 e. The molecule has 1 amide bonds. The molecule has 0 aliphatic carbocycles. The van der Waals surface area contributed by atoms with Crippen LogP contribution in [0.1, 0.15) is 15.9 Å². The molecule has 0 saturated carbocycles. The minimum Gasteiger partial charge on any atom is -0.332 e. The van der Waals surface area contributed by atoms with E-state index in [2.05, 4.69) is 16.6 Å². The first-order valence-electron chi connectivity index (χ1n) is 9.73. The van der Waals surface area contributed by atoms with Crippen molar-refractivity contribution in [2.45, 2.75) is 13.1 Å². The van der Waals surface area contributed by atoms with Crippen LogP contribution in [0.5, 0.6) is 0 Å². The van der Waals surface area contributed by atoms with Crippen molar-refractivity contribution in [3.63, 3.8) is 0 Å². The highest BCUT2D eigenvalue weighted by Gasteiger charge is 2.10. The lowest BCUT2D eigenvalue weighted by Gasteiger charge is -2.08. The first-order chi connectivity index (χ1) is 15.1. The number of aromatic amines is 1. The predicted octanol–water partition coefficient (Wildman–Crippen LogP) is 3.84. The van der Waals surface area contributed by atoms with Crippen molar-refractivity contribution >= 4 is 29.0 Å². The second kappa shape index (κ2) is 8.89. The summed E-state index contributed by atoms with van der Waals surface area (Å²) < 4.78 is 3.62. The molecule has 2 heterocycles. The largest absolute Gasteiger partial charge is 0.332 e. The number of nitrogens with one attached hydrogen (secondary N) is 1. The Morgan fingerprint density at radius 3 is 2.65 bits per heavy atom. The van der Waals surface area contributed by atoms with E-state index in [0.29, 0.717) is 35.0 Å². The molecule has 154 valence electrons. The average molecular weight is 429 g/mol. The number of amides is 1. The Morgan fingerprint density at radius 1 is 1.10 bits per heavy atom. The molecule has 31 heavy (non-hydrogen) atoms. The average Bonchev–Trinajstić information content (AvgIpc) is 2.78. The molecule has 7 heteroatoms. The summed E-state index contributed by atoms with van der Waals surface area (Å²) in [4.78, 5) is 32.9. The van der Waals surface area contributed by atoms with Crippen molar-refractivity contribution < 1.29 is 4.79 Å². The van der Waals surface area contributed by atoms with Gasteiger partial charge in [-0.1, -0.05) is 42.5 Å². The molecule has 2 aromatic heterocycles. The van der Waals surface area contributed by atoms with Gasteiger partial charge in [0.25, 0.3) is 11.5 Å². The predicted molar refractivity (Wildman–Crippen MR) is 123 cm³/mol. The van der Waals surface area contributed by atoms with Crippen LogP contribution in [0.4, 0.5) is 0 Å². The lowest BCUT2D eigenvalue weighted by Crippen LogP contribution is -2.22. The van der Waals surface area contributed by atoms with Crippen molar-refractivity contribution in [2.24, 2.45) is 4.99 Å². The van der Waals surface area contributed by atoms with E-state index in [0.717, 1.165) is 5.56 Å². The first-order valence-corrected chi connectivity index (χ1v) is 10.1. The summed E-state index contributed by atoms with van der Waals surface area (Å²) in [5.74, 6) is -0.399. The number of nitrogens with zero attached hydrogens (tertiary/aromatic N) is 3. The monoisotopic (exact) mass is 428 g/mol. The Kier molecular flexibility index (Phi) is 5.86.